The van der Waals surface area contributed by atoms with Crippen LogP contribution in [0.4, 0.5) is 8.78 Å². The molecule has 0 aliphatic carbocycles. The molecule has 0 aliphatic heterocycles. The Morgan fingerprint density at radius 1 is 1.10 bits per heavy atom. The van der Waals surface area contributed by atoms with Crippen LogP contribution in [0.5, 0.6) is 11.5 Å². The van der Waals surface area contributed by atoms with Gasteiger partial charge < -0.3 is 9.84 Å². The lowest BCUT2D eigenvalue weighted by atomic mass is 10.5. The summed E-state index contributed by atoms with van der Waals surface area (Å²) in [5.74, 6) is 0.202. The van der Waals surface area contributed by atoms with Gasteiger partial charge in [0, 0.05) is 12.4 Å². The van der Waals surface area contributed by atoms with Crippen LogP contribution in [0.15, 0.2) is 36.7 Å². The minimum Gasteiger partial charge on any atom is -0.505 e. The zero-order chi connectivity index (χ0) is 15.0. The van der Waals surface area contributed by atoms with Crippen molar-refractivity contribution in [2.45, 2.75) is 6.43 Å². The van der Waals surface area contributed by atoms with Crippen LogP contribution in [0.3, 0.4) is 0 Å². The number of nitrogens with zero attached hydrogens (tertiary/aromatic N) is 2. The van der Waals surface area contributed by atoms with E-state index in [9.17, 15) is 8.78 Å². The number of aromatic hydroxyl groups is 1. The van der Waals surface area contributed by atoms with Gasteiger partial charge in [-0.25, -0.2) is 18.7 Å². The average Bonchev–Trinajstić information content (AvgIpc) is 2.42. The van der Waals surface area contributed by atoms with E-state index in [1.807, 2.05) is 0 Å². The van der Waals surface area contributed by atoms with E-state index in [0.29, 0.717) is 0 Å². The van der Waals surface area contributed by atoms with Crippen molar-refractivity contribution in [3.05, 3.63) is 47.0 Å². The van der Waals surface area contributed by atoms with Crippen LogP contribution in [-0.2, 0) is 0 Å². The predicted molar refractivity (Wildman–Crippen MR) is 71.7 cm³/mol. The summed E-state index contributed by atoms with van der Waals surface area (Å²) >= 11 is 10.9. The highest BCUT2D eigenvalue weighted by atomic mass is 35.5. The van der Waals surface area contributed by atoms with E-state index in [1.165, 1.54) is 24.5 Å². The fourth-order valence-corrected chi connectivity index (χ4v) is 1.30. The number of ether oxygens (including phenoxy) is 1. The first-order chi connectivity index (χ1) is 9.50. The van der Waals surface area contributed by atoms with E-state index in [2.05, 4.69) is 14.7 Å². The molecule has 0 saturated carbocycles. The molecule has 0 atom stereocenters. The summed E-state index contributed by atoms with van der Waals surface area (Å²) < 4.78 is 28.0. The molecule has 0 saturated heterocycles. The standard InChI is InChI=1S/C7H6ClF2NO.C5H4ClNO/c8-7-5(2-1-3-11-7)12-4-6(9)10;6-5-4(8)2-1-3-7-5/h1-3,6H,4H2;1-3,8H. The summed E-state index contributed by atoms with van der Waals surface area (Å²) in [4.78, 5) is 7.25. The zero-order valence-electron chi connectivity index (χ0n) is 10.0. The normalized spacial score (nSPS) is 9.85. The van der Waals surface area contributed by atoms with Crippen molar-refractivity contribution < 1.29 is 18.6 Å². The Morgan fingerprint density at radius 3 is 2.15 bits per heavy atom. The van der Waals surface area contributed by atoms with E-state index in [1.54, 1.807) is 12.1 Å². The second-order valence-electron chi connectivity index (χ2n) is 3.31. The average molecular weight is 323 g/mol. The Bertz CT molecular complexity index is 523. The van der Waals surface area contributed by atoms with Crippen LogP contribution in [-0.4, -0.2) is 28.1 Å². The first-order valence-electron chi connectivity index (χ1n) is 5.31. The van der Waals surface area contributed by atoms with Crippen LogP contribution in [0.2, 0.25) is 10.3 Å². The lowest BCUT2D eigenvalue weighted by Crippen LogP contribution is -2.07. The Balaban J connectivity index is 0.000000217. The molecule has 8 heteroatoms. The van der Waals surface area contributed by atoms with Crippen molar-refractivity contribution >= 4 is 23.2 Å². The van der Waals surface area contributed by atoms with E-state index in [-0.39, 0.29) is 21.8 Å². The molecule has 1 N–H and O–H groups in total. The molecule has 2 rings (SSSR count). The molecule has 2 heterocycles. The van der Waals surface area contributed by atoms with Gasteiger partial charge in [-0.1, -0.05) is 23.2 Å². The van der Waals surface area contributed by atoms with Gasteiger partial charge in [-0.15, -0.1) is 0 Å². The van der Waals surface area contributed by atoms with Crippen molar-refractivity contribution in [2.75, 3.05) is 6.61 Å². The molecule has 2 aromatic rings. The van der Waals surface area contributed by atoms with Crippen molar-refractivity contribution in [3.8, 4) is 11.5 Å². The predicted octanol–water partition coefficient (Wildman–Crippen LogP) is 3.82. The van der Waals surface area contributed by atoms with Gasteiger partial charge in [-0.3, -0.25) is 0 Å². The lowest BCUT2D eigenvalue weighted by molar-refractivity contribution is 0.0818. The maximum Gasteiger partial charge on any atom is 0.272 e. The van der Waals surface area contributed by atoms with Gasteiger partial charge in [0.05, 0.1) is 0 Å². The lowest BCUT2D eigenvalue weighted by Gasteiger charge is -2.05. The quantitative estimate of drug-likeness (QED) is 0.873. The third kappa shape index (κ3) is 5.99. The molecule has 0 aliphatic rings. The van der Waals surface area contributed by atoms with Crippen LogP contribution in [0.25, 0.3) is 0 Å². The molecule has 0 aromatic carbocycles. The molecule has 20 heavy (non-hydrogen) atoms. The van der Waals surface area contributed by atoms with Crippen LogP contribution in [0, 0.1) is 0 Å². The first-order valence-corrected chi connectivity index (χ1v) is 6.07. The van der Waals surface area contributed by atoms with Gasteiger partial charge in [0.15, 0.2) is 21.8 Å². The summed E-state index contributed by atoms with van der Waals surface area (Å²) in [6.07, 6.45) is 0.473. The van der Waals surface area contributed by atoms with E-state index in [4.69, 9.17) is 28.3 Å². The Morgan fingerprint density at radius 2 is 1.70 bits per heavy atom. The highest BCUT2D eigenvalue weighted by Crippen LogP contribution is 2.20. The molecular weight excluding hydrogens is 313 g/mol. The minimum absolute atomic E-state index is 0.0224. The van der Waals surface area contributed by atoms with Gasteiger partial charge >= 0.3 is 0 Å². The third-order valence-corrected chi connectivity index (χ3v) is 2.40. The second kappa shape index (κ2) is 8.50. The molecular formula is C12H10Cl2F2N2O2. The number of halogens is 4. The van der Waals surface area contributed by atoms with Crippen molar-refractivity contribution in [1.29, 1.82) is 0 Å². The fourth-order valence-electron chi connectivity index (χ4n) is 1.01. The second-order valence-corrected chi connectivity index (χ2v) is 4.02. The Kier molecular flexibility index (Phi) is 6.97. The molecule has 108 valence electrons. The SMILES string of the molecule is FC(F)COc1cccnc1Cl.Oc1cccnc1Cl. The van der Waals surface area contributed by atoms with E-state index >= 15 is 0 Å². The minimum atomic E-state index is -2.50. The van der Waals surface area contributed by atoms with Crippen LogP contribution < -0.4 is 4.74 Å². The largest absolute Gasteiger partial charge is 0.505 e. The van der Waals surface area contributed by atoms with Gasteiger partial charge in [-0.2, -0.15) is 0 Å². The number of aromatic nitrogens is 2. The van der Waals surface area contributed by atoms with Crippen LogP contribution >= 0.6 is 23.2 Å². The first kappa shape index (κ1) is 16.4. The third-order valence-electron chi connectivity index (χ3n) is 1.83. The molecule has 0 spiro atoms. The monoisotopic (exact) mass is 322 g/mol. The van der Waals surface area contributed by atoms with Gasteiger partial charge in [-0.05, 0) is 24.3 Å². The van der Waals surface area contributed by atoms with E-state index in [0.717, 1.165) is 0 Å². The summed E-state index contributed by atoms with van der Waals surface area (Å²) in [5.41, 5.74) is 0. The summed E-state index contributed by atoms with van der Waals surface area (Å²) in [5, 5.41) is 8.97. The molecule has 0 fully saturated rings. The fraction of sp³-hybridized carbons (Fsp3) is 0.167. The van der Waals surface area contributed by atoms with Gasteiger partial charge in [0.25, 0.3) is 6.43 Å². The topological polar surface area (TPSA) is 55.2 Å². The number of rotatable bonds is 3. The number of alkyl halides is 2. The van der Waals surface area contributed by atoms with E-state index < -0.39 is 13.0 Å². The smallest absolute Gasteiger partial charge is 0.272 e. The molecule has 4 nitrogen and oxygen atoms in total. The highest BCUT2D eigenvalue weighted by molar-refractivity contribution is 6.31. The number of pyridine rings is 2. The van der Waals surface area contributed by atoms with Crippen molar-refractivity contribution in [2.24, 2.45) is 0 Å². The molecule has 0 radical (unpaired) electrons. The molecule has 0 unspecified atom stereocenters. The van der Waals surface area contributed by atoms with Gasteiger partial charge in [0.2, 0.25) is 0 Å². The van der Waals surface area contributed by atoms with Crippen molar-refractivity contribution in [3.63, 3.8) is 0 Å². The summed E-state index contributed by atoms with van der Waals surface area (Å²) in [6.45, 7) is -0.661. The number of hydrogen-bond acceptors (Lipinski definition) is 4. The zero-order valence-corrected chi connectivity index (χ0v) is 11.5. The maximum atomic E-state index is 11.7. The maximum absolute atomic E-state index is 11.7. The molecule has 0 bridgehead atoms. The van der Waals surface area contributed by atoms with Gasteiger partial charge in [0.1, 0.15) is 6.61 Å². The number of hydrogen-bond donors (Lipinski definition) is 1. The summed E-state index contributed by atoms with van der Waals surface area (Å²) in [6, 6.07) is 6.14. The summed E-state index contributed by atoms with van der Waals surface area (Å²) in [7, 11) is 0. The highest BCUT2D eigenvalue weighted by Gasteiger charge is 2.06. The van der Waals surface area contributed by atoms with Crippen LogP contribution in [0.1, 0.15) is 0 Å². The van der Waals surface area contributed by atoms with Crippen molar-refractivity contribution in [1.82, 2.24) is 9.97 Å². The molecule has 0 amide bonds. The molecule has 2 aromatic heterocycles. The Hall–Kier alpha value is -1.66. The Labute approximate surface area is 124 Å².